The number of aryl methyl sites for hydroxylation is 1. The largest absolute Gasteiger partial charge is 0.433 e. The maximum Gasteiger partial charge on any atom is 0.387 e. The minimum absolute atomic E-state index is 0.0931. The van der Waals surface area contributed by atoms with Gasteiger partial charge in [-0.25, -0.2) is 4.98 Å². The van der Waals surface area contributed by atoms with Crippen molar-refractivity contribution in [2.24, 2.45) is 0 Å². The fourth-order valence-corrected chi connectivity index (χ4v) is 3.84. The number of nitrogens with zero attached hydrogens (tertiary/aromatic N) is 2. The summed E-state index contributed by atoms with van der Waals surface area (Å²) in [5, 5.41) is 7.23. The number of nitrogens with one attached hydrogen (secondary N) is 1. The summed E-state index contributed by atoms with van der Waals surface area (Å²) in [6.45, 7) is -2.52. The van der Waals surface area contributed by atoms with Crippen molar-refractivity contribution in [2.75, 3.05) is 6.54 Å². The second-order valence-electron chi connectivity index (χ2n) is 5.21. The van der Waals surface area contributed by atoms with Crippen molar-refractivity contribution in [3.8, 4) is 17.0 Å². The Morgan fingerprint density at radius 2 is 2.04 bits per heavy atom. The monoisotopic (exact) mass is 395 g/mol. The van der Waals surface area contributed by atoms with Crippen molar-refractivity contribution in [2.45, 2.75) is 19.5 Å². The maximum absolute atomic E-state index is 12.3. The van der Waals surface area contributed by atoms with E-state index in [4.69, 9.17) is 0 Å². The van der Waals surface area contributed by atoms with Crippen LogP contribution in [0, 0.1) is 0 Å². The molecule has 3 aromatic rings. The first-order valence-electron chi connectivity index (χ1n) is 7.79. The van der Waals surface area contributed by atoms with E-state index < -0.39 is 12.5 Å². The van der Waals surface area contributed by atoms with Gasteiger partial charge in [-0.05, 0) is 30.0 Å². The lowest BCUT2D eigenvalue weighted by Gasteiger charge is -2.06. The molecule has 3 heterocycles. The third-order valence-electron chi connectivity index (χ3n) is 3.43. The van der Waals surface area contributed by atoms with Gasteiger partial charge in [-0.1, -0.05) is 0 Å². The van der Waals surface area contributed by atoms with E-state index >= 15 is 0 Å². The molecule has 0 aliphatic heterocycles. The van der Waals surface area contributed by atoms with Gasteiger partial charge in [0.2, 0.25) is 0 Å². The predicted octanol–water partition coefficient (Wildman–Crippen LogP) is 4.23. The number of carbonyl (C=O) groups excluding carboxylic acids is 1. The molecule has 26 heavy (non-hydrogen) atoms. The van der Waals surface area contributed by atoms with Crippen molar-refractivity contribution >= 4 is 28.6 Å². The third-order valence-corrected chi connectivity index (χ3v) is 5.24. The molecule has 3 rings (SSSR count). The van der Waals surface area contributed by atoms with Gasteiger partial charge in [0.25, 0.3) is 5.91 Å². The number of hydrogen-bond acceptors (Lipinski definition) is 6. The Morgan fingerprint density at radius 1 is 1.23 bits per heavy atom. The smallest absolute Gasteiger partial charge is 0.387 e. The van der Waals surface area contributed by atoms with E-state index in [2.05, 4.69) is 20.0 Å². The lowest BCUT2D eigenvalue weighted by molar-refractivity contribution is -0.0498. The van der Waals surface area contributed by atoms with Crippen LogP contribution in [0.5, 0.6) is 5.75 Å². The standard InChI is InChI=1S/C17H15F2N3O2S2/c18-17(19)24-13-5-9-25-15(13)16(23)21-6-1-2-14-22-12(10-26-14)11-3-7-20-8-4-11/h3-5,7-10,17H,1-2,6H2,(H,21,23). The van der Waals surface area contributed by atoms with Gasteiger partial charge in [-0.15, -0.1) is 22.7 Å². The molecule has 0 radical (unpaired) electrons. The zero-order valence-electron chi connectivity index (χ0n) is 13.5. The third kappa shape index (κ3) is 4.83. The molecule has 0 aliphatic carbocycles. The van der Waals surface area contributed by atoms with Crippen LogP contribution < -0.4 is 10.1 Å². The van der Waals surface area contributed by atoms with Gasteiger partial charge >= 0.3 is 6.61 Å². The topological polar surface area (TPSA) is 64.1 Å². The number of rotatable bonds is 8. The van der Waals surface area contributed by atoms with Crippen molar-refractivity contribution in [1.82, 2.24) is 15.3 Å². The van der Waals surface area contributed by atoms with Crippen LogP contribution in [-0.4, -0.2) is 29.0 Å². The van der Waals surface area contributed by atoms with Crippen LogP contribution >= 0.6 is 22.7 Å². The summed E-state index contributed by atoms with van der Waals surface area (Å²) in [7, 11) is 0. The van der Waals surface area contributed by atoms with E-state index in [0.717, 1.165) is 34.0 Å². The van der Waals surface area contributed by atoms with Crippen LogP contribution in [0.3, 0.4) is 0 Å². The van der Waals surface area contributed by atoms with Crippen molar-refractivity contribution in [1.29, 1.82) is 0 Å². The molecular weight excluding hydrogens is 380 g/mol. The van der Waals surface area contributed by atoms with E-state index in [1.807, 2.05) is 17.5 Å². The number of thiazole rings is 1. The Balaban J connectivity index is 1.47. The minimum Gasteiger partial charge on any atom is -0.433 e. The predicted molar refractivity (Wildman–Crippen MR) is 97.0 cm³/mol. The minimum atomic E-state index is -2.95. The molecule has 1 N–H and O–H groups in total. The summed E-state index contributed by atoms with van der Waals surface area (Å²) in [5.74, 6) is -0.503. The molecule has 9 heteroatoms. The van der Waals surface area contributed by atoms with Crippen LogP contribution in [0.2, 0.25) is 0 Å². The second-order valence-corrected chi connectivity index (χ2v) is 7.07. The maximum atomic E-state index is 12.3. The molecule has 5 nitrogen and oxygen atoms in total. The molecule has 0 fully saturated rings. The zero-order chi connectivity index (χ0) is 18.4. The van der Waals surface area contributed by atoms with Gasteiger partial charge in [-0.3, -0.25) is 9.78 Å². The van der Waals surface area contributed by atoms with Gasteiger partial charge in [0.15, 0.2) is 0 Å². The first kappa shape index (κ1) is 18.4. The van der Waals surface area contributed by atoms with Gasteiger partial charge in [0.05, 0.1) is 10.7 Å². The van der Waals surface area contributed by atoms with Crippen LogP contribution in [0.4, 0.5) is 8.78 Å². The average molecular weight is 395 g/mol. The highest BCUT2D eigenvalue weighted by Crippen LogP contribution is 2.26. The van der Waals surface area contributed by atoms with Gasteiger partial charge in [0, 0.05) is 36.3 Å². The first-order chi connectivity index (χ1) is 12.6. The number of halogens is 2. The molecule has 0 aromatic carbocycles. The number of alkyl halides is 2. The van der Waals surface area contributed by atoms with Crippen molar-refractivity contribution < 1.29 is 18.3 Å². The number of hydrogen-bond donors (Lipinski definition) is 1. The normalized spacial score (nSPS) is 10.9. The average Bonchev–Trinajstić information content (AvgIpc) is 3.28. The SMILES string of the molecule is O=C(NCCCc1nc(-c2ccncc2)cs1)c1sccc1OC(F)F. The van der Waals surface area contributed by atoms with Gasteiger partial charge in [-0.2, -0.15) is 8.78 Å². The number of ether oxygens (including phenoxy) is 1. The summed E-state index contributed by atoms with van der Waals surface area (Å²) >= 11 is 2.63. The van der Waals surface area contributed by atoms with E-state index in [0.29, 0.717) is 13.0 Å². The first-order valence-corrected chi connectivity index (χ1v) is 9.54. The number of thiophene rings is 1. The molecule has 0 atom stereocenters. The molecule has 0 unspecified atom stereocenters. The highest BCUT2D eigenvalue weighted by Gasteiger charge is 2.17. The summed E-state index contributed by atoms with van der Waals surface area (Å²) in [6.07, 6.45) is 4.87. The Kier molecular flexibility index (Phi) is 6.24. The van der Waals surface area contributed by atoms with Crippen molar-refractivity contribution in [3.63, 3.8) is 0 Å². The van der Waals surface area contributed by atoms with E-state index in [9.17, 15) is 13.6 Å². The molecule has 136 valence electrons. The lowest BCUT2D eigenvalue weighted by atomic mass is 10.2. The lowest BCUT2D eigenvalue weighted by Crippen LogP contribution is -2.24. The molecule has 0 bridgehead atoms. The molecular formula is C17H15F2N3O2S2. The Morgan fingerprint density at radius 3 is 2.81 bits per heavy atom. The molecule has 0 spiro atoms. The number of amides is 1. The Hall–Kier alpha value is -2.39. The summed E-state index contributed by atoms with van der Waals surface area (Å²) < 4.78 is 28.9. The fourth-order valence-electron chi connectivity index (χ4n) is 2.25. The molecule has 0 saturated heterocycles. The highest BCUT2D eigenvalue weighted by atomic mass is 32.1. The summed E-state index contributed by atoms with van der Waals surface area (Å²) in [6, 6.07) is 5.17. The Labute approximate surface area is 156 Å². The highest BCUT2D eigenvalue weighted by molar-refractivity contribution is 7.12. The van der Waals surface area contributed by atoms with Crippen molar-refractivity contribution in [3.05, 3.63) is 51.2 Å². The van der Waals surface area contributed by atoms with Gasteiger partial charge < -0.3 is 10.1 Å². The second kappa shape index (κ2) is 8.81. The van der Waals surface area contributed by atoms with Gasteiger partial charge in [0.1, 0.15) is 10.6 Å². The summed E-state index contributed by atoms with van der Waals surface area (Å²) in [4.78, 5) is 20.8. The zero-order valence-corrected chi connectivity index (χ0v) is 15.2. The quantitative estimate of drug-likeness (QED) is 0.580. The molecule has 0 aliphatic rings. The molecule has 3 aromatic heterocycles. The fraction of sp³-hybridized carbons (Fsp3) is 0.235. The molecule has 1 amide bonds. The van der Waals surface area contributed by atoms with Crippen LogP contribution in [0.25, 0.3) is 11.3 Å². The van der Waals surface area contributed by atoms with E-state index in [1.165, 1.54) is 6.07 Å². The number of aromatic nitrogens is 2. The molecule has 0 saturated carbocycles. The van der Waals surface area contributed by atoms with E-state index in [-0.39, 0.29) is 10.6 Å². The van der Waals surface area contributed by atoms with Crippen LogP contribution in [-0.2, 0) is 6.42 Å². The van der Waals surface area contributed by atoms with Crippen LogP contribution in [0.15, 0.2) is 41.4 Å². The Bertz CT molecular complexity index is 853. The summed E-state index contributed by atoms with van der Waals surface area (Å²) in [5.41, 5.74) is 1.92. The number of pyridine rings is 1. The van der Waals surface area contributed by atoms with E-state index in [1.54, 1.807) is 29.1 Å². The number of carbonyl (C=O) groups is 1. The van der Waals surface area contributed by atoms with Crippen LogP contribution in [0.1, 0.15) is 21.1 Å².